The second-order valence-corrected chi connectivity index (χ2v) is 11.3. The third kappa shape index (κ3) is 3.42. The molecular formula is C13H26O2Si. The summed E-state index contributed by atoms with van der Waals surface area (Å²) in [5.74, 6) is 0.291. The van der Waals surface area contributed by atoms with Crippen LogP contribution in [0.5, 0.6) is 0 Å². The molecule has 2 nitrogen and oxygen atoms in total. The first-order valence-electron chi connectivity index (χ1n) is 6.39. The normalized spacial score (nSPS) is 27.8. The van der Waals surface area contributed by atoms with Crippen molar-refractivity contribution in [3.63, 3.8) is 0 Å². The zero-order valence-corrected chi connectivity index (χ0v) is 12.4. The van der Waals surface area contributed by atoms with Gasteiger partial charge in [0.25, 0.3) is 0 Å². The van der Waals surface area contributed by atoms with Crippen LogP contribution in [0.2, 0.25) is 18.1 Å². The summed E-state index contributed by atoms with van der Waals surface area (Å²) in [7, 11) is -1.61. The van der Waals surface area contributed by atoms with Gasteiger partial charge in [0.05, 0.1) is 0 Å². The topological polar surface area (TPSA) is 26.3 Å². The molecule has 0 aromatic rings. The average molecular weight is 242 g/mol. The Morgan fingerprint density at radius 2 is 1.62 bits per heavy atom. The lowest BCUT2D eigenvalue weighted by atomic mass is 9.89. The van der Waals surface area contributed by atoms with Crippen molar-refractivity contribution in [3.8, 4) is 0 Å². The number of carbonyl (C=O) groups excluding carboxylic acids is 1. The van der Waals surface area contributed by atoms with Crippen molar-refractivity contribution in [2.75, 3.05) is 0 Å². The number of carbonyl (C=O) groups is 1. The number of aldehydes is 1. The smallest absolute Gasteiger partial charge is 0.192 e. The van der Waals surface area contributed by atoms with Gasteiger partial charge in [-0.15, -0.1) is 0 Å². The minimum absolute atomic E-state index is 0.286. The molecule has 0 bridgehead atoms. The Hall–Kier alpha value is -0.153. The standard InChI is InChI=1S/C13H26O2Si/c1-13(2,3)16(4,5)15-12-8-6-11(10-14)7-9-12/h10-12H,6-9H2,1-5H3/t11-,12-. The van der Waals surface area contributed by atoms with E-state index in [1.165, 1.54) is 0 Å². The number of hydrogen-bond donors (Lipinski definition) is 0. The third-order valence-corrected chi connectivity index (χ3v) is 8.71. The largest absolute Gasteiger partial charge is 0.414 e. The molecular weight excluding hydrogens is 216 g/mol. The van der Waals surface area contributed by atoms with Gasteiger partial charge in [-0.1, -0.05) is 20.8 Å². The molecule has 0 heterocycles. The summed E-state index contributed by atoms with van der Waals surface area (Å²) in [6.45, 7) is 11.4. The molecule has 1 saturated carbocycles. The van der Waals surface area contributed by atoms with Crippen molar-refractivity contribution in [2.24, 2.45) is 5.92 Å². The Bertz CT molecular complexity index is 235. The van der Waals surface area contributed by atoms with Crippen LogP contribution in [0.3, 0.4) is 0 Å². The highest BCUT2D eigenvalue weighted by Gasteiger charge is 2.39. The van der Waals surface area contributed by atoms with E-state index in [4.69, 9.17) is 4.43 Å². The highest BCUT2D eigenvalue weighted by molar-refractivity contribution is 6.74. The molecule has 0 atom stereocenters. The SMILES string of the molecule is CC(C)(C)[Si](C)(C)O[C@H]1CC[C@H](C=O)CC1. The van der Waals surface area contributed by atoms with Crippen LogP contribution < -0.4 is 0 Å². The quantitative estimate of drug-likeness (QED) is 0.556. The van der Waals surface area contributed by atoms with Crippen molar-refractivity contribution in [3.05, 3.63) is 0 Å². The summed E-state index contributed by atoms with van der Waals surface area (Å²) >= 11 is 0. The highest BCUT2D eigenvalue weighted by Crippen LogP contribution is 2.39. The van der Waals surface area contributed by atoms with Gasteiger partial charge in [0.2, 0.25) is 0 Å². The lowest BCUT2D eigenvalue weighted by molar-refractivity contribution is -0.112. The molecule has 0 spiro atoms. The van der Waals surface area contributed by atoms with E-state index in [2.05, 4.69) is 33.9 Å². The van der Waals surface area contributed by atoms with E-state index in [9.17, 15) is 4.79 Å². The fourth-order valence-electron chi connectivity index (χ4n) is 1.94. The van der Waals surface area contributed by atoms with Gasteiger partial charge in [-0.3, -0.25) is 0 Å². The summed E-state index contributed by atoms with van der Waals surface area (Å²) in [5.41, 5.74) is 0. The molecule has 16 heavy (non-hydrogen) atoms. The monoisotopic (exact) mass is 242 g/mol. The Morgan fingerprint density at radius 3 is 2.00 bits per heavy atom. The summed E-state index contributed by atoms with van der Waals surface area (Å²) in [6.07, 6.45) is 5.68. The summed E-state index contributed by atoms with van der Waals surface area (Å²) < 4.78 is 6.36. The van der Waals surface area contributed by atoms with Crippen LogP contribution in [-0.4, -0.2) is 20.7 Å². The van der Waals surface area contributed by atoms with Crippen LogP contribution in [0.1, 0.15) is 46.5 Å². The summed E-state index contributed by atoms with van der Waals surface area (Å²) in [6, 6.07) is 0. The molecule has 0 aromatic carbocycles. The van der Waals surface area contributed by atoms with Crippen LogP contribution in [0.4, 0.5) is 0 Å². The molecule has 0 N–H and O–H groups in total. The van der Waals surface area contributed by atoms with Crippen molar-refractivity contribution in [2.45, 2.75) is 70.7 Å². The first-order valence-corrected chi connectivity index (χ1v) is 9.30. The molecule has 0 unspecified atom stereocenters. The first kappa shape index (κ1) is 13.9. The van der Waals surface area contributed by atoms with Gasteiger partial charge < -0.3 is 9.22 Å². The Kier molecular flexibility index (Phi) is 4.35. The fraction of sp³-hybridized carbons (Fsp3) is 0.923. The number of hydrogen-bond acceptors (Lipinski definition) is 2. The molecule has 3 heteroatoms. The zero-order chi connectivity index (χ0) is 12.4. The Labute approximate surface area is 101 Å². The van der Waals surface area contributed by atoms with E-state index < -0.39 is 8.32 Å². The lowest BCUT2D eigenvalue weighted by Gasteiger charge is -2.40. The molecule has 0 aromatic heterocycles. The molecule has 1 fully saturated rings. The number of rotatable bonds is 3. The van der Waals surface area contributed by atoms with Crippen molar-refractivity contribution < 1.29 is 9.22 Å². The van der Waals surface area contributed by atoms with Gasteiger partial charge in [-0.05, 0) is 43.8 Å². The van der Waals surface area contributed by atoms with Crippen molar-refractivity contribution >= 4 is 14.6 Å². The molecule has 0 aliphatic heterocycles. The minimum Gasteiger partial charge on any atom is -0.414 e. The van der Waals surface area contributed by atoms with Gasteiger partial charge in [0, 0.05) is 12.0 Å². The highest BCUT2D eigenvalue weighted by atomic mass is 28.4. The van der Waals surface area contributed by atoms with Crippen molar-refractivity contribution in [1.82, 2.24) is 0 Å². The van der Waals surface area contributed by atoms with Gasteiger partial charge in [0.15, 0.2) is 8.32 Å². The van der Waals surface area contributed by atoms with E-state index in [1.54, 1.807) is 0 Å². The lowest BCUT2D eigenvalue weighted by Crippen LogP contribution is -2.44. The van der Waals surface area contributed by atoms with Gasteiger partial charge in [0.1, 0.15) is 6.29 Å². The second kappa shape index (κ2) is 5.01. The van der Waals surface area contributed by atoms with Gasteiger partial charge in [-0.25, -0.2) is 0 Å². The van der Waals surface area contributed by atoms with Gasteiger partial charge in [-0.2, -0.15) is 0 Å². The average Bonchev–Trinajstić information content (AvgIpc) is 2.16. The minimum atomic E-state index is -1.61. The zero-order valence-electron chi connectivity index (χ0n) is 11.4. The maximum absolute atomic E-state index is 10.7. The van der Waals surface area contributed by atoms with E-state index in [-0.39, 0.29) is 5.04 Å². The molecule has 0 radical (unpaired) electrons. The summed E-state index contributed by atoms with van der Waals surface area (Å²) in [5, 5.41) is 0.286. The Balaban J connectivity index is 2.47. The predicted molar refractivity (Wildman–Crippen MR) is 70.1 cm³/mol. The predicted octanol–water partition coefficient (Wildman–Crippen LogP) is 3.77. The Morgan fingerprint density at radius 1 is 1.12 bits per heavy atom. The molecule has 1 aliphatic carbocycles. The van der Waals surface area contributed by atoms with Crippen LogP contribution in [-0.2, 0) is 9.22 Å². The van der Waals surface area contributed by atoms with Crippen LogP contribution in [0.25, 0.3) is 0 Å². The van der Waals surface area contributed by atoms with Crippen LogP contribution >= 0.6 is 0 Å². The molecule has 1 rings (SSSR count). The summed E-state index contributed by atoms with van der Waals surface area (Å²) in [4.78, 5) is 10.7. The maximum Gasteiger partial charge on any atom is 0.192 e. The van der Waals surface area contributed by atoms with E-state index in [0.29, 0.717) is 12.0 Å². The first-order chi connectivity index (χ1) is 7.26. The van der Waals surface area contributed by atoms with Crippen LogP contribution in [0.15, 0.2) is 0 Å². The molecule has 0 amide bonds. The van der Waals surface area contributed by atoms with Crippen LogP contribution in [0, 0.1) is 5.92 Å². The van der Waals surface area contributed by atoms with Crippen molar-refractivity contribution in [1.29, 1.82) is 0 Å². The van der Waals surface area contributed by atoms with Gasteiger partial charge >= 0.3 is 0 Å². The maximum atomic E-state index is 10.7. The molecule has 1 aliphatic rings. The van der Waals surface area contributed by atoms with E-state index in [0.717, 1.165) is 32.0 Å². The second-order valence-electron chi connectivity index (χ2n) is 6.55. The molecule has 94 valence electrons. The third-order valence-electron chi connectivity index (χ3n) is 4.18. The van der Waals surface area contributed by atoms with E-state index in [1.807, 2.05) is 0 Å². The fourth-order valence-corrected chi connectivity index (χ4v) is 3.36. The van der Waals surface area contributed by atoms with E-state index >= 15 is 0 Å². The molecule has 0 saturated heterocycles.